The molecule has 0 aliphatic carbocycles. The summed E-state index contributed by atoms with van der Waals surface area (Å²) in [6.07, 6.45) is 0. The summed E-state index contributed by atoms with van der Waals surface area (Å²) in [6, 6.07) is 19.7. The fourth-order valence-corrected chi connectivity index (χ4v) is 3.17. The van der Waals surface area contributed by atoms with E-state index in [0.717, 1.165) is 5.69 Å². The Labute approximate surface area is 155 Å². The molecule has 1 fully saturated rings. The Morgan fingerprint density at radius 1 is 0.852 bits per heavy atom. The lowest BCUT2D eigenvalue weighted by atomic mass is 10.2. The number of aromatic nitrogens is 2. The third kappa shape index (κ3) is 3.27. The van der Waals surface area contributed by atoms with Gasteiger partial charge < -0.3 is 9.80 Å². The van der Waals surface area contributed by atoms with Gasteiger partial charge in [-0.1, -0.05) is 36.4 Å². The largest absolute Gasteiger partial charge is 0.326 e. The molecule has 1 aliphatic rings. The number of amides is 2. The first-order chi connectivity index (χ1) is 13.1. The molecule has 0 unspecified atom stereocenters. The number of carbonyl (C=O) groups excluding carboxylic acids is 2. The van der Waals surface area contributed by atoms with Gasteiger partial charge in [0.1, 0.15) is 12.2 Å². The van der Waals surface area contributed by atoms with Crippen LogP contribution < -0.4 is 10.5 Å². The van der Waals surface area contributed by atoms with E-state index in [9.17, 15) is 14.4 Å². The lowest BCUT2D eigenvalue weighted by Crippen LogP contribution is -2.52. The summed E-state index contributed by atoms with van der Waals surface area (Å²) in [6.45, 7) is 0.794. The van der Waals surface area contributed by atoms with Crippen molar-refractivity contribution in [2.24, 2.45) is 0 Å². The standard InChI is InChI=1S/C20H18N4O3/c25-18-13-17(21-24(18)16-9-5-2-6-10-16)20(27)22-11-12-23(19(26)14-22)15-7-3-1-4-8-15/h1-10,13,21H,11-12,14H2. The first-order valence-corrected chi connectivity index (χ1v) is 8.65. The normalized spacial score (nSPS) is 14.4. The van der Waals surface area contributed by atoms with E-state index >= 15 is 0 Å². The average molecular weight is 362 g/mol. The first-order valence-electron chi connectivity index (χ1n) is 8.65. The fourth-order valence-electron chi connectivity index (χ4n) is 3.17. The lowest BCUT2D eigenvalue weighted by Gasteiger charge is -2.34. The van der Waals surface area contributed by atoms with Crippen molar-refractivity contribution in [2.45, 2.75) is 0 Å². The molecule has 0 bridgehead atoms. The molecule has 0 saturated carbocycles. The Hall–Kier alpha value is -3.61. The number of hydrogen-bond acceptors (Lipinski definition) is 3. The van der Waals surface area contributed by atoms with E-state index in [1.54, 1.807) is 17.0 Å². The number of rotatable bonds is 3. The van der Waals surface area contributed by atoms with Crippen LogP contribution in [-0.2, 0) is 4.79 Å². The zero-order chi connectivity index (χ0) is 18.8. The van der Waals surface area contributed by atoms with Crippen LogP contribution in [-0.4, -0.2) is 46.1 Å². The van der Waals surface area contributed by atoms with Crippen molar-refractivity contribution in [1.82, 2.24) is 14.7 Å². The molecular formula is C20H18N4O3. The van der Waals surface area contributed by atoms with E-state index in [4.69, 9.17) is 0 Å². The summed E-state index contributed by atoms with van der Waals surface area (Å²) in [5.74, 6) is -0.506. The van der Waals surface area contributed by atoms with Crippen LogP contribution in [0.2, 0.25) is 0 Å². The maximum absolute atomic E-state index is 12.8. The Morgan fingerprint density at radius 3 is 2.11 bits per heavy atom. The molecule has 27 heavy (non-hydrogen) atoms. The Balaban J connectivity index is 1.52. The van der Waals surface area contributed by atoms with Gasteiger partial charge in [0.05, 0.1) is 5.69 Å². The van der Waals surface area contributed by atoms with E-state index in [-0.39, 0.29) is 29.6 Å². The third-order valence-electron chi connectivity index (χ3n) is 4.54. The third-order valence-corrected chi connectivity index (χ3v) is 4.54. The van der Waals surface area contributed by atoms with Crippen molar-refractivity contribution < 1.29 is 9.59 Å². The van der Waals surface area contributed by atoms with E-state index in [0.29, 0.717) is 18.8 Å². The minimum absolute atomic E-state index is 0.0216. The smallest absolute Gasteiger partial charge is 0.272 e. The number of para-hydroxylation sites is 2. The molecule has 3 aromatic rings. The van der Waals surface area contributed by atoms with Crippen molar-refractivity contribution in [3.8, 4) is 5.69 Å². The van der Waals surface area contributed by atoms with E-state index in [1.165, 1.54) is 15.6 Å². The number of hydrogen-bond donors (Lipinski definition) is 1. The van der Waals surface area contributed by atoms with Gasteiger partial charge in [0.25, 0.3) is 11.5 Å². The Morgan fingerprint density at radius 2 is 1.48 bits per heavy atom. The van der Waals surface area contributed by atoms with Gasteiger partial charge in [-0.2, -0.15) is 0 Å². The summed E-state index contributed by atoms with van der Waals surface area (Å²) in [5, 5.41) is 2.84. The number of anilines is 1. The van der Waals surface area contributed by atoms with Crippen LogP contribution in [0.3, 0.4) is 0 Å². The molecule has 1 aromatic heterocycles. The Kier molecular flexibility index (Phi) is 4.33. The summed E-state index contributed by atoms with van der Waals surface area (Å²) in [4.78, 5) is 40.6. The number of aromatic amines is 1. The first kappa shape index (κ1) is 16.8. The lowest BCUT2D eigenvalue weighted by molar-refractivity contribution is -0.120. The van der Waals surface area contributed by atoms with Crippen LogP contribution in [0.25, 0.3) is 5.69 Å². The summed E-state index contributed by atoms with van der Waals surface area (Å²) in [5.41, 5.74) is 1.31. The van der Waals surface area contributed by atoms with Gasteiger partial charge in [-0.3, -0.25) is 19.5 Å². The number of piperazine rings is 1. The minimum Gasteiger partial charge on any atom is -0.326 e. The van der Waals surface area contributed by atoms with E-state index in [2.05, 4.69) is 5.10 Å². The molecule has 1 aliphatic heterocycles. The van der Waals surface area contributed by atoms with E-state index < -0.39 is 0 Å². The molecular weight excluding hydrogens is 344 g/mol. The molecule has 136 valence electrons. The monoisotopic (exact) mass is 362 g/mol. The average Bonchev–Trinajstić information content (AvgIpc) is 3.10. The minimum atomic E-state index is -0.358. The van der Waals surface area contributed by atoms with Crippen LogP contribution in [0, 0.1) is 0 Å². The predicted molar refractivity (Wildman–Crippen MR) is 101 cm³/mol. The van der Waals surface area contributed by atoms with Crippen molar-refractivity contribution in [3.05, 3.63) is 82.8 Å². The zero-order valence-electron chi connectivity index (χ0n) is 14.5. The fraction of sp³-hybridized carbons (Fsp3) is 0.150. The molecule has 0 radical (unpaired) electrons. The van der Waals surface area contributed by atoms with Gasteiger partial charge in [-0.15, -0.1) is 0 Å². The molecule has 7 heteroatoms. The van der Waals surface area contributed by atoms with Gasteiger partial charge in [-0.25, -0.2) is 4.68 Å². The maximum atomic E-state index is 12.8. The van der Waals surface area contributed by atoms with Crippen LogP contribution in [0.5, 0.6) is 0 Å². The quantitative estimate of drug-likeness (QED) is 0.770. The topological polar surface area (TPSA) is 78.4 Å². The van der Waals surface area contributed by atoms with E-state index in [1.807, 2.05) is 48.5 Å². The van der Waals surface area contributed by atoms with Gasteiger partial charge in [-0.05, 0) is 24.3 Å². The summed E-state index contributed by atoms with van der Waals surface area (Å²) in [7, 11) is 0. The second-order valence-electron chi connectivity index (χ2n) is 6.29. The number of carbonyl (C=O) groups is 2. The van der Waals surface area contributed by atoms with Gasteiger partial charge in [0.15, 0.2) is 0 Å². The molecule has 2 heterocycles. The summed E-state index contributed by atoms with van der Waals surface area (Å²) >= 11 is 0. The molecule has 4 rings (SSSR count). The highest BCUT2D eigenvalue weighted by molar-refractivity contribution is 6.00. The van der Waals surface area contributed by atoms with Crippen molar-refractivity contribution in [1.29, 1.82) is 0 Å². The van der Waals surface area contributed by atoms with Crippen molar-refractivity contribution in [3.63, 3.8) is 0 Å². The highest BCUT2D eigenvalue weighted by Crippen LogP contribution is 2.17. The number of H-pyrrole nitrogens is 1. The van der Waals surface area contributed by atoms with Crippen LogP contribution >= 0.6 is 0 Å². The maximum Gasteiger partial charge on any atom is 0.272 e. The van der Waals surface area contributed by atoms with Gasteiger partial charge in [0, 0.05) is 24.8 Å². The van der Waals surface area contributed by atoms with Gasteiger partial charge in [0.2, 0.25) is 5.91 Å². The number of nitrogens with zero attached hydrogens (tertiary/aromatic N) is 3. The van der Waals surface area contributed by atoms with Crippen LogP contribution in [0.1, 0.15) is 10.5 Å². The van der Waals surface area contributed by atoms with Gasteiger partial charge >= 0.3 is 0 Å². The number of nitrogens with one attached hydrogen (secondary N) is 1. The number of benzene rings is 2. The SMILES string of the molecule is O=C(c1cc(=O)n(-c2ccccc2)[nH]1)N1CCN(c2ccccc2)C(=O)C1. The summed E-state index contributed by atoms with van der Waals surface area (Å²) < 4.78 is 1.31. The van der Waals surface area contributed by atoms with Crippen molar-refractivity contribution >= 4 is 17.5 Å². The zero-order valence-corrected chi connectivity index (χ0v) is 14.5. The Bertz CT molecular complexity index is 1020. The molecule has 1 saturated heterocycles. The predicted octanol–water partition coefficient (Wildman–Crippen LogP) is 1.65. The molecule has 7 nitrogen and oxygen atoms in total. The van der Waals surface area contributed by atoms with Crippen LogP contribution in [0.15, 0.2) is 71.5 Å². The molecule has 2 aromatic carbocycles. The highest BCUT2D eigenvalue weighted by atomic mass is 16.2. The molecule has 1 N–H and O–H groups in total. The molecule has 2 amide bonds. The second-order valence-corrected chi connectivity index (χ2v) is 6.29. The highest BCUT2D eigenvalue weighted by Gasteiger charge is 2.29. The molecule has 0 spiro atoms. The van der Waals surface area contributed by atoms with Crippen molar-refractivity contribution in [2.75, 3.05) is 24.5 Å². The van der Waals surface area contributed by atoms with Crippen LogP contribution in [0.4, 0.5) is 5.69 Å². The molecule has 0 atom stereocenters. The second kappa shape index (κ2) is 6.95.